The topological polar surface area (TPSA) is 92.5 Å². The molecule has 108 valence electrons. The molecule has 0 amide bonds. The molecule has 2 aromatic rings. The fourth-order valence-corrected chi connectivity index (χ4v) is 2.21. The number of halogens is 2. The molecule has 8 heteroatoms. The first-order valence-electron chi connectivity index (χ1n) is 5.63. The minimum atomic E-state index is -1.43. The van der Waals surface area contributed by atoms with Crippen molar-refractivity contribution in [3.8, 4) is 0 Å². The lowest BCUT2D eigenvalue weighted by atomic mass is 10.1. The average Bonchev–Trinajstić information content (AvgIpc) is 2.42. The zero-order chi connectivity index (χ0) is 15.6. The number of anilines is 2. The number of carbonyl (C=O) groups is 1. The van der Waals surface area contributed by atoms with Crippen LogP contribution in [0.25, 0.3) is 0 Å². The Labute approximate surface area is 126 Å². The highest BCUT2D eigenvalue weighted by Crippen LogP contribution is 2.34. The van der Waals surface area contributed by atoms with Crippen LogP contribution in [0.4, 0.5) is 21.5 Å². The smallest absolute Gasteiger partial charge is 0.342 e. The SMILES string of the molecule is O=C(O)c1cccc(Nc2c(F)cccc2Br)c1[N+](=O)[O-]. The summed E-state index contributed by atoms with van der Waals surface area (Å²) in [5.41, 5.74) is -1.22. The van der Waals surface area contributed by atoms with Crippen LogP contribution in [0.15, 0.2) is 40.9 Å². The lowest BCUT2D eigenvalue weighted by molar-refractivity contribution is -0.384. The summed E-state index contributed by atoms with van der Waals surface area (Å²) in [7, 11) is 0. The molecular weight excluding hydrogens is 347 g/mol. The van der Waals surface area contributed by atoms with Gasteiger partial charge in [-0.05, 0) is 40.2 Å². The van der Waals surface area contributed by atoms with Crippen molar-refractivity contribution < 1.29 is 19.2 Å². The number of benzene rings is 2. The largest absolute Gasteiger partial charge is 0.477 e. The van der Waals surface area contributed by atoms with Gasteiger partial charge >= 0.3 is 11.7 Å². The van der Waals surface area contributed by atoms with E-state index >= 15 is 0 Å². The average molecular weight is 355 g/mol. The summed E-state index contributed by atoms with van der Waals surface area (Å²) < 4.78 is 14.1. The van der Waals surface area contributed by atoms with E-state index in [1.54, 1.807) is 6.07 Å². The summed E-state index contributed by atoms with van der Waals surface area (Å²) in [4.78, 5) is 21.3. The van der Waals surface area contributed by atoms with Gasteiger partial charge in [0, 0.05) is 4.47 Å². The molecule has 2 N–H and O–H groups in total. The van der Waals surface area contributed by atoms with Gasteiger partial charge in [-0.1, -0.05) is 12.1 Å². The first kappa shape index (κ1) is 14.9. The molecule has 0 saturated heterocycles. The van der Waals surface area contributed by atoms with Crippen LogP contribution in [0.3, 0.4) is 0 Å². The number of nitrogens with zero attached hydrogens (tertiary/aromatic N) is 1. The summed E-state index contributed by atoms with van der Waals surface area (Å²) >= 11 is 3.12. The Hall–Kier alpha value is -2.48. The van der Waals surface area contributed by atoms with Gasteiger partial charge in [0.2, 0.25) is 0 Å². The number of nitrogens with one attached hydrogen (secondary N) is 1. The fraction of sp³-hybridized carbons (Fsp3) is 0. The Bertz CT molecular complexity index is 716. The van der Waals surface area contributed by atoms with Crippen molar-refractivity contribution in [2.45, 2.75) is 0 Å². The van der Waals surface area contributed by atoms with Gasteiger partial charge in [-0.25, -0.2) is 9.18 Å². The molecular formula is C13H8BrFN2O4. The molecule has 0 aliphatic heterocycles. The minimum Gasteiger partial charge on any atom is -0.477 e. The lowest BCUT2D eigenvalue weighted by Gasteiger charge is -2.11. The Kier molecular flexibility index (Phi) is 4.18. The summed E-state index contributed by atoms with van der Waals surface area (Å²) in [6.07, 6.45) is 0. The van der Waals surface area contributed by atoms with E-state index in [4.69, 9.17) is 5.11 Å². The molecule has 0 bridgehead atoms. The predicted molar refractivity (Wildman–Crippen MR) is 77.4 cm³/mol. The second kappa shape index (κ2) is 5.88. The second-order valence-electron chi connectivity index (χ2n) is 3.99. The summed E-state index contributed by atoms with van der Waals surface area (Å²) in [6, 6.07) is 7.96. The minimum absolute atomic E-state index is 0.0110. The van der Waals surface area contributed by atoms with Gasteiger partial charge in [0.15, 0.2) is 0 Å². The molecule has 0 unspecified atom stereocenters. The van der Waals surface area contributed by atoms with Crippen molar-refractivity contribution in [2.24, 2.45) is 0 Å². The summed E-state index contributed by atoms with van der Waals surface area (Å²) in [5, 5.41) is 22.7. The number of carboxylic acids is 1. The number of rotatable bonds is 4. The third-order valence-electron chi connectivity index (χ3n) is 2.67. The number of nitro benzene ring substituents is 1. The van der Waals surface area contributed by atoms with Crippen LogP contribution in [0.5, 0.6) is 0 Å². The molecule has 0 spiro atoms. The van der Waals surface area contributed by atoms with Crippen LogP contribution >= 0.6 is 15.9 Å². The van der Waals surface area contributed by atoms with E-state index in [1.807, 2.05) is 0 Å². The van der Waals surface area contributed by atoms with Crippen LogP contribution in [0.1, 0.15) is 10.4 Å². The standard InChI is InChI=1S/C13H8BrFN2O4/c14-8-4-2-5-9(15)11(8)16-10-6-1-3-7(13(18)19)12(10)17(20)21/h1-6,16H,(H,18,19). The maximum atomic E-state index is 13.7. The van der Waals surface area contributed by atoms with E-state index in [0.717, 1.165) is 6.07 Å². The number of hydrogen-bond donors (Lipinski definition) is 2. The van der Waals surface area contributed by atoms with Crippen LogP contribution in [-0.4, -0.2) is 16.0 Å². The van der Waals surface area contributed by atoms with Gasteiger partial charge in [0.05, 0.1) is 10.6 Å². The molecule has 0 aromatic heterocycles. The van der Waals surface area contributed by atoms with E-state index in [9.17, 15) is 19.3 Å². The summed E-state index contributed by atoms with van der Waals surface area (Å²) in [5.74, 6) is -2.06. The summed E-state index contributed by atoms with van der Waals surface area (Å²) in [6.45, 7) is 0. The second-order valence-corrected chi connectivity index (χ2v) is 4.84. The van der Waals surface area contributed by atoms with E-state index in [0.29, 0.717) is 4.47 Å². The van der Waals surface area contributed by atoms with Gasteiger partial charge in [-0.15, -0.1) is 0 Å². The van der Waals surface area contributed by atoms with Crippen LogP contribution in [0, 0.1) is 15.9 Å². The van der Waals surface area contributed by atoms with Gasteiger partial charge < -0.3 is 10.4 Å². The number of para-hydroxylation sites is 2. The Morgan fingerprint density at radius 2 is 1.95 bits per heavy atom. The number of nitro groups is 1. The van der Waals surface area contributed by atoms with E-state index in [-0.39, 0.29) is 11.4 Å². The quantitative estimate of drug-likeness (QED) is 0.640. The Morgan fingerprint density at radius 3 is 2.52 bits per heavy atom. The van der Waals surface area contributed by atoms with Gasteiger partial charge in [0.25, 0.3) is 0 Å². The molecule has 2 rings (SSSR count). The predicted octanol–water partition coefficient (Wildman–Crippen LogP) is 3.94. The first-order chi connectivity index (χ1) is 9.91. The Morgan fingerprint density at radius 1 is 1.29 bits per heavy atom. The van der Waals surface area contributed by atoms with E-state index in [1.165, 1.54) is 24.3 Å². The van der Waals surface area contributed by atoms with Crippen molar-refractivity contribution in [1.29, 1.82) is 0 Å². The van der Waals surface area contributed by atoms with Crippen LogP contribution in [0.2, 0.25) is 0 Å². The van der Waals surface area contributed by atoms with Gasteiger partial charge in [-0.3, -0.25) is 10.1 Å². The zero-order valence-corrected chi connectivity index (χ0v) is 11.9. The highest BCUT2D eigenvalue weighted by molar-refractivity contribution is 9.10. The molecule has 21 heavy (non-hydrogen) atoms. The molecule has 0 radical (unpaired) electrons. The van der Waals surface area contributed by atoms with Crippen molar-refractivity contribution in [1.82, 2.24) is 0 Å². The Balaban J connectivity index is 2.57. The van der Waals surface area contributed by atoms with E-state index in [2.05, 4.69) is 21.2 Å². The van der Waals surface area contributed by atoms with E-state index < -0.39 is 28.0 Å². The highest BCUT2D eigenvalue weighted by atomic mass is 79.9. The highest BCUT2D eigenvalue weighted by Gasteiger charge is 2.25. The number of aromatic carboxylic acids is 1. The number of hydrogen-bond acceptors (Lipinski definition) is 4. The molecule has 0 heterocycles. The molecule has 2 aromatic carbocycles. The normalized spacial score (nSPS) is 10.2. The molecule has 0 fully saturated rings. The molecule has 0 aliphatic rings. The third-order valence-corrected chi connectivity index (χ3v) is 3.33. The van der Waals surface area contributed by atoms with Crippen molar-refractivity contribution in [3.05, 3.63) is 62.4 Å². The fourth-order valence-electron chi connectivity index (χ4n) is 1.77. The molecule has 6 nitrogen and oxygen atoms in total. The third kappa shape index (κ3) is 3.00. The molecule has 0 saturated carbocycles. The van der Waals surface area contributed by atoms with Crippen molar-refractivity contribution in [3.63, 3.8) is 0 Å². The maximum Gasteiger partial charge on any atom is 0.342 e. The van der Waals surface area contributed by atoms with Gasteiger partial charge in [0.1, 0.15) is 17.1 Å². The van der Waals surface area contributed by atoms with Gasteiger partial charge in [-0.2, -0.15) is 0 Å². The number of carboxylic acid groups (broad SMARTS) is 1. The first-order valence-corrected chi connectivity index (χ1v) is 6.43. The van der Waals surface area contributed by atoms with Crippen LogP contribution in [-0.2, 0) is 0 Å². The molecule has 0 aliphatic carbocycles. The zero-order valence-electron chi connectivity index (χ0n) is 10.3. The van der Waals surface area contributed by atoms with Crippen molar-refractivity contribution in [2.75, 3.05) is 5.32 Å². The van der Waals surface area contributed by atoms with Crippen molar-refractivity contribution >= 4 is 39.0 Å². The molecule has 0 atom stereocenters. The maximum absolute atomic E-state index is 13.7. The lowest BCUT2D eigenvalue weighted by Crippen LogP contribution is -2.06. The van der Waals surface area contributed by atoms with Crippen LogP contribution < -0.4 is 5.32 Å². The monoisotopic (exact) mass is 354 g/mol.